The van der Waals surface area contributed by atoms with Crippen molar-refractivity contribution in [3.05, 3.63) is 11.6 Å². The number of hydrogen-bond acceptors (Lipinski definition) is 1. The van der Waals surface area contributed by atoms with E-state index in [1.807, 2.05) is 7.11 Å². The zero-order valence-electron chi connectivity index (χ0n) is 13.0. The summed E-state index contributed by atoms with van der Waals surface area (Å²) in [6.07, 6.45) is 14.1. The normalized spacial score (nSPS) is 46.8. The molecule has 0 heterocycles. The lowest BCUT2D eigenvalue weighted by atomic mass is 9.55. The van der Waals surface area contributed by atoms with Crippen molar-refractivity contribution >= 4 is 0 Å². The molecule has 0 saturated heterocycles. The van der Waals surface area contributed by atoms with Crippen LogP contribution in [0.1, 0.15) is 65.2 Å². The van der Waals surface area contributed by atoms with Crippen LogP contribution in [0, 0.1) is 23.2 Å². The van der Waals surface area contributed by atoms with Crippen LogP contribution in [-0.4, -0.2) is 13.2 Å². The summed E-state index contributed by atoms with van der Waals surface area (Å²) < 4.78 is 5.62. The van der Waals surface area contributed by atoms with E-state index in [2.05, 4.69) is 19.9 Å². The summed E-state index contributed by atoms with van der Waals surface area (Å²) in [6, 6.07) is 0. The number of fused-ring (bicyclic) bond motifs is 3. The van der Waals surface area contributed by atoms with E-state index in [9.17, 15) is 0 Å². The topological polar surface area (TPSA) is 9.23 Å². The average molecular weight is 262 g/mol. The Balaban J connectivity index is 1.84. The van der Waals surface area contributed by atoms with Crippen LogP contribution < -0.4 is 0 Å². The molecule has 0 aliphatic heterocycles. The lowest BCUT2D eigenvalue weighted by molar-refractivity contribution is 0.0228. The summed E-state index contributed by atoms with van der Waals surface area (Å²) in [5.74, 6) is 2.87. The van der Waals surface area contributed by atoms with E-state index in [1.54, 1.807) is 5.57 Å². The zero-order chi connectivity index (χ0) is 13.5. The molecule has 1 heteroatoms. The fourth-order valence-electron chi connectivity index (χ4n) is 5.26. The van der Waals surface area contributed by atoms with Crippen LogP contribution in [-0.2, 0) is 4.74 Å². The molecular formula is C18H30O. The highest BCUT2D eigenvalue weighted by molar-refractivity contribution is 5.23. The van der Waals surface area contributed by atoms with Crippen LogP contribution in [0.5, 0.6) is 0 Å². The van der Waals surface area contributed by atoms with E-state index in [0.717, 1.165) is 17.8 Å². The Morgan fingerprint density at radius 3 is 2.89 bits per heavy atom. The van der Waals surface area contributed by atoms with Crippen molar-refractivity contribution < 1.29 is 4.74 Å². The Morgan fingerprint density at radius 1 is 1.26 bits per heavy atom. The Labute approximate surface area is 118 Å². The molecule has 0 N–H and O–H groups in total. The minimum atomic E-state index is 0.487. The Hall–Kier alpha value is -0.300. The minimum Gasteiger partial charge on any atom is -0.381 e. The fourth-order valence-corrected chi connectivity index (χ4v) is 5.26. The number of ether oxygens (including phenoxy) is 1. The van der Waals surface area contributed by atoms with Gasteiger partial charge in [0.25, 0.3) is 0 Å². The third kappa shape index (κ3) is 2.39. The maximum Gasteiger partial charge on any atom is 0.0608 e. The van der Waals surface area contributed by atoms with Crippen molar-refractivity contribution in [3.8, 4) is 0 Å². The van der Waals surface area contributed by atoms with Crippen LogP contribution in [0.25, 0.3) is 0 Å². The third-order valence-corrected chi connectivity index (χ3v) is 6.47. The molecule has 1 nitrogen and oxygen atoms in total. The van der Waals surface area contributed by atoms with Gasteiger partial charge in [-0.05, 0) is 61.7 Å². The summed E-state index contributed by atoms with van der Waals surface area (Å²) in [4.78, 5) is 0. The predicted molar refractivity (Wildman–Crippen MR) is 80.1 cm³/mol. The molecular weight excluding hydrogens is 232 g/mol. The molecule has 3 aliphatic rings. The molecule has 0 radical (unpaired) electrons. The van der Waals surface area contributed by atoms with Gasteiger partial charge in [0.1, 0.15) is 0 Å². The van der Waals surface area contributed by atoms with Gasteiger partial charge in [0, 0.05) is 7.11 Å². The molecule has 0 amide bonds. The average Bonchev–Trinajstić information content (AvgIpc) is 2.59. The number of methoxy groups -OCH3 is 1. The van der Waals surface area contributed by atoms with E-state index >= 15 is 0 Å². The molecule has 5 atom stereocenters. The first kappa shape index (κ1) is 13.7. The smallest absolute Gasteiger partial charge is 0.0608 e. The summed E-state index contributed by atoms with van der Waals surface area (Å²) in [6.45, 7) is 5.03. The first-order valence-electron chi connectivity index (χ1n) is 8.36. The first-order valence-corrected chi connectivity index (χ1v) is 8.36. The number of rotatable bonds is 1. The van der Waals surface area contributed by atoms with E-state index in [0.29, 0.717) is 11.5 Å². The van der Waals surface area contributed by atoms with Gasteiger partial charge in [0.15, 0.2) is 0 Å². The molecule has 0 spiro atoms. The Morgan fingerprint density at radius 2 is 2.11 bits per heavy atom. The van der Waals surface area contributed by atoms with Gasteiger partial charge in [0.05, 0.1) is 6.10 Å². The quantitative estimate of drug-likeness (QED) is 0.607. The molecule has 0 aromatic rings. The van der Waals surface area contributed by atoms with Crippen LogP contribution >= 0.6 is 0 Å². The first-order chi connectivity index (χ1) is 9.13. The van der Waals surface area contributed by atoms with Gasteiger partial charge in [-0.2, -0.15) is 0 Å². The summed E-state index contributed by atoms with van der Waals surface area (Å²) in [7, 11) is 1.88. The molecule has 2 saturated carbocycles. The minimum absolute atomic E-state index is 0.487. The van der Waals surface area contributed by atoms with Crippen molar-refractivity contribution in [1.29, 1.82) is 0 Å². The molecule has 0 bridgehead atoms. The van der Waals surface area contributed by atoms with Gasteiger partial charge >= 0.3 is 0 Å². The highest BCUT2D eigenvalue weighted by Crippen LogP contribution is 2.56. The van der Waals surface area contributed by atoms with Crippen LogP contribution in [0.15, 0.2) is 11.6 Å². The summed E-state index contributed by atoms with van der Waals surface area (Å²) in [5.41, 5.74) is 2.24. The van der Waals surface area contributed by atoms with Crippen molar-refractivity contribution in [3.63, 3.8) is 0 Å². The van der Waals surface area contributed by atoms with Gasteiger partial charge < -0.3 is 4.74 Å². The summed E-state index contributed by atoms with van der Waals surface area (Å²) >= 11 is 0. The van der Waals surface area contributed by atoms with Gasteiger partial charge in [-0.25, -0.2) is 0 Å². The molecule has 2 fully saturated rings. The van der Waals surface area contributed by atoms with Gasteiger partial charge in [-0.1, -0.05) is 38.3 Å². The van der Waals surface area contributed by atoms with Crippen molar-refractivity contribution in [1.82, 2.24) is 0 Å². The lowest BCUT2D eigenvalue weighted by Gasteiger charge is -2.50. The van der Waals surface area contributed by atoms with Gasteiger partial charge in [0.2, 0.25) is 0 Å². The number of allylic oxidation sites excluding steroid dienone is 1. The van der Waals surface area contributed by atoms with E-state index in [-0.39, 0.29) is 0 Å². The SMILES string of the molecule is COC1CCC2(C)C(=CCC3CC(C)CCCC32)C1. The highest BCUT2D eigenvalue weighted by atomic mass is 16.5. The van der Waals surface area contributed by atoms with Crippen molar-refractivity contribution in [2.75, 3.05) is 7.11 Å². The maximum absolute atomic E-state index is 5.62. The molecule has 3 rings (SSSR count). The van der Waals surface area contributed by atoms with Crippen LogP contribution in [0.3, 0.4) is 0 Å². The second kappa shape index (κ2) is 5.24. The second-order valence-electron chi connectivity index (χ2n) is 7.62. The van der Waals surface area contributed by atoms with Crippen LogP contribution in [0.2, 0.25) is 0 Å². The molecule has 19 heavy (non-hydrogen) atoms. The molecule has 108 valence electrons. The van der Waals surface area contributed by atoms with E-state index in [4.69, 9.17) is 4.74 Å². The van der Waals surface area contributed by atoms with Crippen molar-refractivity contribution in [2.45, 2.75) is 71.3 Å². The van der Waals surface area contributed by atoms with Crippen molar-refractivity contribution in [2.24, 2.45) is 23.2 Å². The van der Waals surface area contributed by atoms with Gasteiger partial charge in [-0.3, -0.25) is 0 Å². The zero-order valence-corrected chi connectivity index (χ0v) is 13.0. The molecule has 5 unspecified atom stereocenters. The van der Waals surface area contributed by atoms with Gasteiger partial charge in [-0.15, -0.1) is 0 Å². The third-order valence-electron chi connectivity index (χ3n) is 6.47. The largest absolute Gasteiger partial charge is 0.381 e. The number of hydrogen-bond donors (Lipinski definition) is 0. The Kier molecular flexibility index (Phi) is 3.77. The monoisotopic (exact) mass is 262 g/mol. The molecule has 0 aromatic carbocycles. The molecule has 0 aromatic heterocycles. The highest BCUT2D eigenvalue weighted by Gasteiger charge is 2.47. The second-order valence-corrected chi connectivity index (χ2v) is 7.62. The lowest BCUT2D eigenvalue weighted by Crippen LogP contribution is -2.42. The summed E-state index contributed by atoms with van der Waals surface area (Å²) in [5, 5.41) is 0. The fraction of sp³-hybridized carbons (Fsp3) is 0.889. The van der Waals surface area contributed by atoms with Crippen LogP contribution in [0.4, 0.5) is 0 Å². The predicted octanol–water partition coefficient (Wildman–Crippen LogP) is 4.96. The standard InChI is InChI=1S/C18H30O/c1-13-5-4-6-17-14(11-13)7-8-15-12-16(19-3)9-10-18(15,17)2/h8,13-14,16-17H,4-7,9-12H2,1-3H3. The maximum atomic E-state index is 5.62. The van der Waals surface area contributed by atoms with E-state index in [1.165, 1.54) is 51.4 Å². The Bertz CT molecular complexity index is 359. The molecule has 3 aliphatic carbocycles. The van der Waals surface area contributed by atoms with E-state index < -0.39 is 0 Å².